The number of aryl methyl sites for hydroxylation is 1. The summed E-state index contributed by atoms with van der Waals surface area (Å²) < 4.78 is 0. The van der Waals surface area contributed by atoms with Gasteiger partial charge in [-0.25, -0.2) is 0 Å². The summed E-state index contributed by atoms with van der Waals surface area (Å²) in [6, 6.07) is 4.57. The second-order valence-corrected chi connectivity index (χ2v) is 5.59. The third-order valence-corrected chi connectivity index (χ3v) is 4.10. The fourth-order valence-electron chi connectivity index (χ4n) is 2.99. The molecule has 0 aliphatic heterocycles. The van der Waals surface area contributed by atoms with E-state index >= 15 is 0 Å². The molecule has 0 radical (unpaired) electrons. The van der Waals surface area contributed by atoms with Gasteiger partial charge in [0.2, 0.25) is 0 Å². The third kappa shape index (κ3) is 3.81. The highest BCUT2D eigenvalue weighted by molar-refractivity contribution is 5.09. The maximum atomic E-state index is 6.34. The van der Waals surface area contributed by atoms with Crippen LogP contribution in [0.2, 0.25) is 0 Å². The molecule has 2 heteroatoms. The molecule has 2 nitrogen and oxygen atoms in total. The van der Waals surface area contributed by atoms with Gasteiger partial charge >= 0.3 is 0 Å². The molecule has 1 saturated carbocycles. The van der Waals surface area contributed by atoms with Gasteiger partial charge in [-0.2, -0.15) is 0 Å². The number of nitrogens with two attached hydrogens (primary N) is 1. The number of rotatable bonds is 4. The maximum absolute atomic E-state index is 6.34. The van der Waals surface area contributed by atoms with Gasteiger partial charge in [-0.1, -0.05) is 19.8 Å². The first kappa shape index (κ1) is 12.6. The van der Waals surface area contributed by atoms with E-state index < -0.39 is 0 Å². The molecule has 1 aromatic rings. The normalized spacial score (nSPS) is 26.7. The Kier molecular flexibility index (Phi) is 4.55. The van der Waals surface area contributed by atoms with Gasteiger partial charge in [-0.05, 0) is 55.2 Å². The maximum Gasteiger partial charge on any atom is 0.0270 e. The van der Waals surface area contributed by atoms with E-state index in [0.717, 1.165) is 24.7 Å². The topological polar surface area (TPSA) is 38.9 Å². The van der Waals surface area contributed by atoms with Gasteiger partial charge in [0.1, 0.15) is 0 Å². The van der Waals surface area contributed by atoms with Crippen LogP contribution in [0, 0.1) is 11.8 Å². The molecule has 2 rings (SSSR count). The van der Waals surface area contributed by atoms with Gasteiger partial charge in [0, 0.05) is 18.4 Å². The Labute approximate surface area is 105 Å². The van der Waals surface area contributed by atoms with Crippen LogP contribution in [0.25, 0.3) is 0 Å². The predicted octanol–water partition coefficient (Wildman–Crippen LogP) is 3.17. The molecule has 3 unspecified atom stereocenters. The Hall–Kier alpha value is -0.890. The van der Waals surface area contributed by atoms with Crippen LogP contribution in [0.3, 0.4) is 0 Å². The molecule has 0 saturated heterocycles. The van der Waals surface area contributed by atoms with E-state index in [1.807, 2.05) is 12.4 Å². The average molecular weight is 232 g/mol. The van der Waals surface area contributed by atoms with Gasteiger partial charge in [-0.3, -0.25) is 4.98 Å². The largest absolute Gasteiger partial charge is 0.327 e. The van der Waals surface area contributed by atoms with Crippen molar-refractivity contribution in [2.75, 3.05) is 0 Å². The Bertz CT molecular complexity index is 323. The first-order chi connectivity index (χ1) is 8.25. The van der Waals surface area contributed by atoms with Crippen LogP contribution in [-0.4, -0.2) is 11.0 Å². The fourth-order valence-corrected chi connectivity index (χ4v) is 2.99. The Morgan fingerprint density at radius 3 is 2.82 bits per heavy atom. The molecule has 1 fully saturated rings. The Morgan fingerprint density at radius 2 is 2.12 bits per heavy atom. The molecule has 3 atom stereocenters. The molecule has 0 bridgehead atoms. The first-order valence-corrected chi connectivity index (χ1v) is 6.90. The zero-order valence-corrected chi connectivity index (χ0v) is 10.8. The lowest BCUT2D eigenvalue weighted by molar-refractivity contribution is 0.240. The fraction of sp³-hybridized carbons (Fsp3) is 0.667. The molecule has 1 heterocycles. The van der Waals surface area contributed by atoms with E-state index in [2.05, 4.69) is 24.0 Å². The minimum absolute atomic E-state index is 0.380. The SMILES string of the molecule is CC1CCCC(C(N)CCc2ccncc2)C1. The van der Waals surface area contributed by atoms with Crippen molar-refractivity contribution in [3.05, 3.63) is 30.1 Å². The van der Waals surface area contributed by atoms with Crippen LogP contribution in [0.1, 0.15) is 44.6 Å². The van der Waals surface area contributed by atoms with Crippen molar-refractivity contribution < 1.29 is 0 Å². The van der Waals surface area contributed by atoms with Crippen molar-refractivity contribution in [3.63, 3.8) is 0 Å². The van der Waals surface area contributed by atoms with Crippen molar-refractivity contribution in [3.8, 4) is 0 Å². The molecular weight excluding hydrogens is 208 g/mol. The predicted molar refractivity (Wildman–Crippen MR) is 71.7 cm³/mol. The van der Waals surface area contributed by atoms with Crippen LogP contribution >= 0.6 is 0 Å². The second-order valence-electron chi connectivity index (χ2n) is 5.59. The van der Waals surface area contributed by atoms with Crippen LogP contribution in [-0.2, 0) is 6.42 Å². The number of aromatic nitrogens is 1. The molecular formula is C15H24N2. The summed E-state index contributed by atoms with van der Waals surface area (Å²) in [6.07, 6.45) is 11.4. The van der Waals surface area contributed by atoms with E-state index in [-0.39, 0.29) is 0 Å². The van der Waals surface area contributed by atoms with Gasteiger partial charge in [0.25, 0.3) is 0 Å². The summed E-state index contributed by atoms with van der Waals surface area (Å²) in [4.78, 5) is 4.04. The van der Waals surface area contributed by atoms with Crippen molar-refractivity contribution in [2.45, 2.75) is 51.5 Å². The highest BCUT2D eigenvalue weighted by Crippen LogP contribution is 2.31. The first-order valence-electron chi connectivity index (χ1n) is 6.90. The van der Waals surface area contributed by atoms with Crippen molar-refractivity contribution in [1.29, 1.82) is 0 Å². The lowest BCUT2D eigenvalue weighted by Crippen LogP contribution is -2.33. The minimum Gasteiger partial charge on any atom is -0.327 e. The number of hydrogen-bond acceptors (Lipinski definition) is 2. The zero-order valence-electron chi connectivity index (χ0n) is 10.8. The summed E-state index contributed by atoms with van der Waals surface area (Å²) >= 11 is 0. The molecule has 0 aromatic carbocycles. The molecule has 0 spiro atoms. The third-order valence-electron chi connectivity index (χ3n) is 4.10. The summed E-state index contributed by atoms with van der Waals surface area (Å²) in [7, 11) is 0. The van der Waals surface area contributed by atoms with Gasteiger partial charge < -0.3 is 5.73 Å². The lowest BCUT2D eigenvalue weighted by Gasteiger charge is -2.31. The highest BCUT2D eigenvalue weighted by Gasteiger charge is 2.23. The van der Waals surface area contributed by atoms with E-state index in [4.69, 9.17) is 5.73 Å². The average Bonchev–Trinajstić information content (AvgIpc) is 2.37. The zero-order chi connectivity index (χ0) is 12.1. The van der Waals surface area contributed by atoms with Crippen molar-refractivity contribution >= 4 is 0 Å². The molecule has 1 aliphatic carbocycles. The Morgan fingerprint density at radius 1 is 1.35 bits per heavy atom. The van der Waals surface area contributed by atoms with Crippen LogP contribution < -0.4 is 5.73 Å². The van der Waals surface area contributed by atoms with E-state index in [0.29, 0.717) is 6.04 Å². The highest BCUT2D eigenvalue weighted by atomic mass is 14.7. The standard InChI is InChI=1S/C15H24N2/c1-12-3-2-4-14(11-12)15(16)6-5-13-7-9-17-10-8-13/h7-10,12,14-15H,2-6,11,16H2,1H3. The van der Waals surface area contributed by atoms with E-state index in [9.17, 15) is 0 Å². The van der Waals surface area contributed by atoms with Gasteiger partial charge in [-0.15, -0.1) is 0 Å². The van der Waals surface area contributed by atoms with Crippen LogP contribution in [0.15, 0.2) is 24.5 Å². The molecule has 2 N–H and O–H groups in total. The van der Waals surface area contributed by atoms with Crippen LogP contribution in [0.5, 0.6) is 0 Å². The summed E-state index contributed by atoms with van der Waals surface area (Å²) in [5.74, 6) is 1.63. The Balaban J connectivity index is 1.79. The van der Waals surface area contributed by atoms with E-state index in [1.165, 1.54) is 31.2 Å². The minimum atomic E-state index is 0.380. The molecule has 94 valence electrons. The van der Waals surface area contributed by atoms with Gasteiger partial charge in [0.05, 0.1) is 0 Å². The number of pyridine rings is 1. The van der Waals surface area contributed by atoms with Crippen molar-refractivity contribution in [1.82, 2.24) is 4.98 Å². The summed E-state index contributed by atoms with van der Waals surface area (Å²) in [6.45, 7) is 2.36. The molecule has 17 heavy (non-hydrogen) atoms. The molecule has 1 aromatic heterocycles. The number of nitrogens with zero attached hydrogens (tertiary/aromatic N) is 1. The summed E-state index contributed by atoms with van der Waals surface area (Å²) in [5.41, 5.74) is 7.70. The molecule has 0 amide bonds. The van der Waals surface area contributed by atoms with Gasteiger partial charge in [0.15, 0.2) is 0 Å². The van der Waals surface area contributed by atoms with Crippen LogP contribution in [0.4, 0.5) is 0 Å². The lowest BCUT2D eigenvalue weighted by atomic mass is 9.77. The monoisotopic (exact) mass is 232 g/mol. The van der Waals surface area contributed by atoms with E-state index in [1.54, 1.807) is 0 Å². The second kappa shape index (κ2) is 6.15. The van der Waals surface area contributed by atoms with Crippen molar-refractivity contribution in [2.24, 2.45) is 17.6 Å². The smallest absolute Gasteiger partial charge is 0.0270 e. The molecule has 1 aliphatic rings. The number of hydrogen-bond donors (Lipinski definition) is 1. The summed E-state index contributed by atoms with van der Waals surface area (Å²) in [5, 5.41) is 0. The quantitative estimate of drug-likeness (QED) is 0.866.